The summed E-state index contributed by atoms with van der Waals surface area (Å²) in [5, 5.41) is 2.98. The van der Waals surface area contributed by atoms with E-state index in [9.17, 15) is 4.79 Å². The predicted molar refractivity (Wildman–Crippen MR) is 92.7 cm³/mol. The van der Waals surface area contributed by atoms with Crippen molar-refractivity contribution in [3.8, 4) is 5.75 Å². The number of hydrogen-bond acceptors (Lipinski definition) is 4. The average Bonchev–Trinajstić information content (AvgIpc) is 2.90. The predicted octanol–water partition coefficient (Wildman–Crippen LogP) is 2.12. The van der Waals surface area contributed by atoms with Crippen LogP contribution in [0.2, 0.25) is 0 Å². The van der Waals surface area contributed by atoms with Crippen LogP contribution < -0.4 is 15.8 Å². The fourth-order valence-corrected chi connectivity index (χ4v) is 3.49. The standard InChI is InChI=1S/C19H23N3O2/c1-12-9-14(10-13(2)22-12)11-21-18(23)19(20)8-7-15-16(19)5-4-6-17(15)24-3/h4-6,9-10H,7-8,11,20H2,1-3H3,(H,21,23). The van der Waals surface area contributed by atoms with E-state index in [4.69, 9.17) is 10.5 Å². The first-order valence-corrected chi connectivity index (χ1v) is 8.12. The Morgan fingerprint density at radius 1 is 1.33 bits per heavy atom. The summed E-state index contributed by atoms with van der Waals surface area (Å²) >= 11 is 0. The third-order valence-electron chi connectivity index (χ3n) is 4.60. The molecule has 3 N–H and O–H groups in total. The van der Waals surface area contributed by atoms with Gasteiger partial charge in [0.25, 0.3) is 0 Å². The second kappa shape index (κ2) is 6.24. The maximum Gasteiger partial charge on any atom is 0.244 e. The highest BCUT2D eigenvalue weighted by molar-refractivity contribution is 5.89. The van der Waals surface area contributed by atoms with E-state index in [2.05, 4.69) is 10.3 Å². The summed E-state index contributed by atoms with van der Waals surface area (Å²) in [6.07, 6.45) is 1.33. The monoisotopic (exact) mass is 325 g/mol. The number of aryl methyl sites for hydroxylation is 2. The van der Waals surface area contributed by atoms with Crippen molar-refractivity contribution in [2.45, 2.75) is 38.8 Å². The number of nitrogens with two attached hydrogens (primary N) is 1. The van der Waals surface area contributed by atoms with Crippen LogP contribution in [-0.4, -0.2) is 18.0 Å². The Kier molecular flexibility index (Phi) is 4.28. The molecule has 3 rings (SSSR count). The number of ether oxygens (including phenoxy) is 1. The highest BCUT2D eigenvalue weighted by atomic mass is 16.5. The van der Waals surface area contributed by atoms with Gasteiger partial charge < -0.3 is 15.8 Å². The zero-order chi connectivity index (χ0) is 17.3. The smallest absolute Gasteiger partial charge is 0.244 e. The molecule has 126 valence electrons. The highest BCUT2D eigenvalue weighted by Crippen LogP contribution is 2.39. The largest absolute Gasteiger partial charge is 0.496 e. The molecule has 2 aromatic rings. The number of benzene rings is 1. The molecule has 1 heterocycles. The number of pyridine rings is 1. The van der Waals surface area contributed by atoms with Crippen molar-refractivity contribution < 1.29 is 9.53 Å². The van der Waals surface area contributed by atoms with Gasteiger partial charge in [0.05, 0.1) is 7.11 Å². The lowest BCUT2D eigenvalue weighted by atomic mass is 9.91. The molecule has 0 radical (unpaired) electrons. The Labute approximate surface area is 142 Å². The van der Waals surface area contributed by atoms with Gasteiger partial charge in [0, 0.05) is 17.9 Å². The number of fused-ring (bicyclic) bond motifs is 1. The molecule has 1 aliphatic rings. The molecule has 0 saturated carbocycles. The van der Waals surface area contributed by atoms with E-state index in [0.29, 0.717) is 13.0 Å². The maximum absolute atomic E-state index is 12.8. The quantitative estimate of drug-likeness (QED) is 0.903. The summed E-state index contributed by atoms with van der Waals surface area (Å²) in [5.41, 5.74) is 10.3. The molecule has 1 aromatic carbocycles. The van der Waals surface area contributed by atoms with Crippen LogP contribution in [0.4, 0.5) is 0 Å². The van der Waals surface area contributed by atoms with Gasteiger partial charge in [-0.05, 0) is 61.6 Å². The number of carbonyl (C=O) groups excluding carboxylic acids is 1. The van der Waals surface area contributed by atoms with Crippen molar-refractivity contribution in [2.75, 3.05) is 7.11 Å². The number of methoxy groups -OCH3 is 1. The van der Waals surface area contributed by atoms with Gasteiger partial charge >= 0.3 is 0 Å². The minimum absolute atomic E-state index is 0.151. The van der Waals surface area contributed by atoms with Crippen LogP contribution in [0.15, 0.2) is 30.3 Å². The number of amides is 1. The molecule has 0 fully saturated rings. The molecule has 5 nitrogen and oxygen atoms in total. The molecule has 5 heteroatoms. The van der Waals surface area contributed by atoms with Crippen LogP contribution in [0.1, 0.15) is 34.5 Å². The van der Waals surface area contributed by atoms with E-state index in [0.717, 1.165) is 40.2 Å². The molecule has 24 heavy (non-hydrogen) atoms. The lowest BCUT2D eigenvalue weighted by Gasteiger charge is -2.24. The fourth-order valence-electron chi connectivity index (χ4n) is 3.49. The molecule has 0 aliphatic heterocycles. The first-order chi connectivity index (χ1) is 11.4. The van der Waals surface area contributed by atoms with Gasteiger partial charge in [-0.15, -0.1) is 0 Å². The van der Waals surface area contributed by atoms with E-state index in [1.54, 1.807) is 7.11 Å². The highest BCUT2D eigenvalue weighted by Gasteiger charge is 2.42. The molecule has 0 spiro atoms. The van der Waals surface area contributed by atoms with Crippen molar-refractivity contribution in [1.82, 2.24) is 10.3 Å². The molecule has 0 saturated heterocycles. The molecule has 0 bridgehead atoms. The first kappa shape index (κ1) is 16.5. The van der Waals surface area contributed by atoms with Crippen LogP contribution in [0.5, 0.6) is 5.75 Å². The van der Waals surface area contributed by atoms with Gasteiger partial charge in [-0.2, -0.15) is 0 Å². The summed E-state index contributed by atoms with van der Waals surface area (Å²) in [6, 6.07) is 9.66. The van der Waals surface area contributed by atoms with Gasteiger partial charge in [-0.1, -0.05) is 12.1 Å². The summed E-state index contributed by atoms with van der Waals surface area (Å²) in [5.74, 6) is 0.648. The summed E-state index contributed by atoms with van der Waals surface area (Å²) < 4.78 is 5.39. The number of nitrogens with one attached hydrogen (secondary N) is 1. The van der Waals surface area contributed by atoms with E-state index >= 15 is 0 Å². The third-order valence-corrected chi connectivity index (χ3v) is 4.60. The molecule has 1 aromatic heterocycles. The zero-order valence-electron chi connectivity index (χ0n) is 14.3. The topological polar surface area (TPSA) is 77.2 Å². The number of hydrogen-bond donors (Lipinski definition) is 2. The zero-order valence-corrected chi connectivity index (χ0v) is 14.3. The minimum atomic E-state index is -0.999. The Hall–Kier alpha value is -2.40. The van der Waals surface area contributed by atoms with Gasteiger partial charge in [0.1, 0.15) is 11.3 Å². The number of aromatic nitrogens is 1. The minimum Gasteiger partial charge on any atom is -0.496 e. The third kappa shape index (κ3) is 2.87. The molecule has 1 unspecified atom stereocenters. The van der Waals surface area contributed by atoms with Gasteiger partial charge in [0.15, 0.2) is 0 Å². The fraction of sp³-hybridized carbons (Fsp3) is 0.368. The number of nitrogens with zero attached hydrogens (tertiary/aromatic N) is 1. The van der Waals surface area contributed by atoms with Crippen molar-refractivity contribution in [3.63, 3.8) is 0 Å². The molecular weight excluding hydrogens is 302 g/mol. The van der Waals surface area contributed by atoms with Gasteiger partial charge in [-0.25, -0.2) is 0 Å². The van der Waals surface area contributed by atoms with Crippen LogP contribution in [0, 0.1) is 13.8 Å². The average molecular weight is 325 g/mol. The van der Waals surface area contributed by atoms with Crippen molar-refractivity contribution in [3.05, 3.63) is 58.4 Å². The van der Waals surface area contributed by atoms with E-state index < -0.39 is 5.54 Å². The Balaban J connectivity index is 1.79. The lowest BCUT2D eigenvalue weighted by molar-refractivity contribution is -0.126. The van der Waals surface area contributed by atoms with E-state index in [-0.39, 0.29) is 5.91 Å². The SMILES string of the molecule is COc1cccc2c1CCC2(N)C(=O)NCc1cc(C)nc(C)c1. The Bertz CT molecular complexity index is 768. The van der Waals surface area contributed by atoms with Crippen LogP contribution >= 0.6 is 0 Å². The van der Waals surface area contributed by atoms with Crippen molar-refractivity contribution >= 4 is 5.91 Å². The van der Waals surface area contributed by atoms with E-state index in [1.165, 1.54) is 0 Å². The van der Waals surface area contributed by atoms with Crippen LogP contribution in [-0.2, 0) is 23.3 Å². The van der Waals surface area contributed by atoms with Crippen molar-refractivity contribution in [1.29, 1.82) is 0 Å². The summed E-state index contributed by atoms with van der Waals surface area (Å²) in [4.78, 5) is 17.1. The molecular formula is C19H23N3O2. The van der Waals surface area contributed by atoms with Gasteiger partial charge in [-0.3, -0.25) is 9.78 Å². The van der Waals surface area contributed by atoms with Gasteiger partial charge in [0.2, 0.25) is 5.91 Å². The maximum atomic E-state index is 12.8. The lowest BCUT2D eigenvalue weighted by Crippen LogP contribution is -2.49. The normalized spacial score (nSPS) is 19.0. The van der Waals surface area contributed by atoms with E-state index in [1.807, 2.05) is 44.2 Å². The van der Waals surface area contributed by atoms with Crippen LogP contribution in [0.25, 0.3) is 0 Å². The number of rotatable bonds is 4. The summed E-state index contributed by atoms with van der Waals surface area (Å²) in [7, 11) is 1.64. The summed E-state index contributed by atoms with van der Waals surface area (Å²) in [6.45, 7) is 4.34. The molecule has 1 amide bonds. The second-order valence-corrected chi connectivity index (χ2v) is 6.40. The van der Waals surface area contributed by atoms with Crippen LogP contribution in [0.3, 0.4) is 0 Å². The Morgan fingerprint density at radius 2 is 2.04 bits per heavy atom. The first-order valence-electron chi connectivity index (χ1n) is 8.12. The Morgan fingerprint density at radius 3 is 2.71 bits per heavy atom. The molecule has 1 aliphatic carbocycles. The number of carbonyl (C=O) groups is 1. The molecule has 1 atom stereocenters. The van der Waals surface area contributed by atoms with Crippen molar-refractivity contribution in [2.24, 2.45) is 5.73 Å². The second-order valence-electron chi connectivity index (χ2n) is 6.40.